The van der Waals surface area contributed by atoms with Crippen molar-refractivity contribution in [1.82, 2.24) is 5.32 Å². The number of carbonyl (C=O) groups excluding carboxylic acids is 1. The molecule has 5 heteroatoms. The predicted octanol–water partition coefficient (Wildman–Crippen LogP) is 1.02. The summed E-state index contributed by atoms with van der Waals surface area (Å²) in [6.07, 6.45) is 3.19. The zero-order valence-corrected chi connectivity index (χ0v) is 12.5. The molecule has 0 aromatic heterocycles. The summed E-state index contributed by atoms with van der Waals surface area (Å²) in [4.78, 5) is 11.0. The van der Waals surface area contributed by atoms with E-state index in [4.69, 9.17) is 5.73 Å². The van der Waals surface area contributed by atoms with Crippen LogP contribution in [-0.4, -0.2) is 33.7 Å². The van der Waals surface area contributed by atoms with Gasteiger partial charge in [0.2, 0.25) is 5.91 Å². The quantitative estimate of drug-likeness (QED) is 0.759. The Bertz CT molecular complexity index is 309. The minimum atomic E-state index is -1.15. The molecule has 1 aliphatic rings. The summed E-state index contributed by atoms with van der Waals surface area (Å²) in [6.45, 7) is 7.44. The van der Waals surface area contributed by atoms with Gasteiger partial charge in [-0.15, -0.1) is 0 Å². The lowest BCUT2D eigenvalue weighted by Crippen LogP contribution is -2.51. The SMILES string of the molecule is CCCNC1CC(C)CC(C)C1S(=O)CC(N)=O. The molecule has 4 nitrogen and oxygen atoms in total. The van der Waals surface area contributed by atoms with Gasteiger partial charge in [-0.2, -0.15) is 0 Å². The summed E-state index contributed by atoms with van der Waals surface area (Å²) in [5.41, 5.74) is 5.17. The highest BCUT2D eigenvalue weighted by molar-refractivity contribution is 7.86. The van der Waals surface area contributed by atoms with Gasteiger partial charge in [0.1, 0.15) is 5.75 Å². The van der Waals surface area contributed by atoms with E-state index in [0.29, 0.717) is 11.8 Å². The maximum Gasteiger partial charge on any atom is 0.230 e. The molecule has 1 aliphatic carbocycles. The zero-order chi connectivity index (χ0) is 13.7. The van der Waals surface area contributed by atoms with Crippen LogP contribution in [0.3, 0.4) is 0 Å². The van der Waals surface area contributed by atoms with Gasteiger partial charge < -0.3 is 11.1 Å². The lowest BCUT2D eigenvalue weighted by Gasteiger charge is -2.39. The third-order valence-electron chi connectivity index (χ3n) is 3.63. The van der Waals surface area contributed by atoms with Crippen LogP contribution >= 0.6 is 0 Å². The molecule has 5 atom stereocenters. The number of rotatable bonds is 6. The van der Waals surface area contributed by atoms with E-state index >= 15 is 0 Å². The molecule has 0 bridgehead atoms. The fourth-order valence-electron chi connectivity index (χ4n) is 3.04. The lowest BCUT2D eigenvalue weighted by atomic mass is 9.80. The second kappa shape index (κ2) is 7.24. The van der Waals surface area contributed by atoms with E-state index in [9.17, 15) is 9.00 Å². The van der Waals surface area contributed by atoms with Gasteiger partial charge in [0, 0.05) is 16.8 Å². The Morgan fingerprint density at radius 3 is 2.61 bits per heavy atom. The molecule has 0 saturated heterocycles. The van der Waals surface area contributed by atoms with Gasteiger partial charge in [0.25, 0.3) is 0 Å². The highest BCUT2D eigenvalue weighted by Crippen LogP contribution is 2.32. The summed E-state index contributed by atoms with van der Waals surface area (Å²) in [6, 6.07) is 0.254. The van der Waals surface area contributed by atoms with Crippen molar-refractivity contribution in [3.8, 4) is 0 Å². The molecular weight excluding hydrogens is 248 g/mol. The smallest absolute Gasteiger partial charge is 0.230 e. The Morgan fingerprint density at radius 2 is 2.06 bits per heavy atom. The van der Waals surface area contributed by atoms with Crippen molar-refractivity contribution in [2.24, 2.45) is 17.6 Å². The van der Waals surface area contributed by atoms with Crippen LogP contribution in [0.15, 0.2) is 0 Å². The van der Waals surface area contributed by atoms with Crippen molar-refractivity contribution < 1.29 is 9.00 Å². The molecule has 0 aromatic rings. The second-order valence-corrected chi connectivity index (χ2v) is 7.16. The van der Waals surface area contributed by atoms with Gasteiger partial charge in [-0.3, -0.25) is 9.00 Å². The second-order valence-electron chi connectivity index (χ2n) is 5.57. The average molecular weight is 274 g/mol. The molecule has 0 spiro atoms. The first-order chi connectivity index (χ1) is 8.45. The van der Waals surface area contributed by atoms with E-state index in [1.165, 1.54) is 0 Å². The largest absolute Gasteiger partial charge is 0.369 e. The fraction of sp³-hybridized carbons (Fsp3) is 0.923. The molecule has 106 valence electrons. The number of amides is 1. The van der Waals surface area contributed by atoms with Crippen molar-refractivity contribution in [1.29, 1.82) is 0 Å². The molecule has 5 unspecified atom stereocenters. The fourth-order valence-corrected chi connectivity index (χ4v) is 4.71. The number of hydrogen-bond donors (Lipinski definition) is 2. The minimum Gasteiger partial charge on any atom is -0.369 e. The van der Waals surface area contributed by atoms with Crippen molar-refractivity contribution in [3.63, 3.8) is 0 Å². The highest BCUT2D eigenvalue weighted by atomic mass is 32.2. The Labute approximate surface area is 113 Å². The third-order valence-corrected chi connectivity index (χ3v) is 5.60. The van der Waals surface area contributed by atoms with Crippen molar-refractivity contribution in [3.05, 3.63) is 0 Å². The summed E-state index contributed by atoms with van der Waals surface area (Å²) >= 11 is 0. The molecule has 1 amide bonds. The van der Waals surface area contributed by atoms with Crippen molar-refractivity contribution in [2.75, 3.05) is 12.3 Å². The monoisotopic (exact) mass is 274 g/mol. The molecule has 1 fully saturated rings. The topological polar surface area (TPSA) is 72.2 Å². The van der Waals surface area contributed by atoms with E-state index in [2.05, 4.69) is 26.1 Å². The first-order valence-electron chi connectivity index (χ1n) is 6.84. The Hall–Kier alpha value is -0.420. The number of carbonyl (C=O) groups is 1. The summed E-state index contributed by atoms with van der Waals surface area (Å²) in [5.74, 6) is 0.557. The molecule has 0 aromatic carbocycles. The molecule has 1 saturated carbocycles. The zero-order valence-electron chi connectivity index (χ0n) is 11.6. The standard InChI is InChI=1S/C13H26N2O2S/c1-4-5-15-11-7-9(2)6-10(3)13(11)18(17)8-12(14)16/h9-11,13,15H,4-8H2,1-3H3,(H2,14,16). The van der Waals surface area contributed by atoms with Crippen LogP contribution in [0.25, 0.3) is 0 Å². The van der Waals surface area contributed by atoms with Gasteiger partial charge in [0.15, 0.2) is 0 Å². The third kappa shape index (κ3) is 4.35. The summed E-state index contributed by atoms with van der Waals surface area (Å²) < 4.78 is 12.3. The van der Waals surface area contributed by atoms with Crippen LogP contribution in [0.4, 0.5) is 0 Å². The molecule has 0 aliphatic heterocycles. The van der Waals surface area contributed by atoms with Gasteiger partial charge in [-0.1, -0.05) is 20.8 Å². The first kappa shape index (κ1) is 15.6. The van der Waals surface area contributed by atoms with Crippen LogP contribution in [0.2, 0.25) is 0 Å². The van der Waals surface area contributed by atoms with Crippen molar-refractivity contribution in [2.45, 2.75) is 51.3 Å². The molecule has 18 heavy (non-hydrogen) atoms. The van der Waals surface area contributed by atoms with Gasteiger partial charge in [-0.05, 0) is 37.6 Å². The normalized spacial score (nSPS) is 34.2. The van der Waals surface area contributed by atoms with Crippen LogP contribution in [0, 0.1) is 11.8 Å². The van der Waals surface area contributed by atoms with Crippen LogP contribution in [0.5, 0.6) is 0 Å². The number of nitrogens with two attached hydrogens (primary N) is 1. The molecular formula is C13H26N2O2S. The summed E-state index contributed by atoms with van der Waals surface area (Å²) in [5, 5.41) is 3.55. The maximum atomic E-state index is 12.3. The summed E-state index contributed by atoms with van der Waals surface area (Å²) in [7, 11) is -1.15. The molecule has 0 radical (unpaired) electrons. The van der Waals surface area contributed by atoms with E-state index in [1.54, 1.807) is 0 Å². The highest BCUT2D eigenvalue weighted by Gasteiger charge is 2.37. The number of hydrogen-bond acceptors (Lipinski definition) is 3. The van der Waals surface area contributed by atoms with Gasteiger partial charge in [0.05, 0.1) is 5.25 Å². The number of nitrogens with one attached hydrogen (secondary N) is 1. The average Bonchev–Trinajstić information content (AvgIpc) is 2.23. The Morgan fingerprint density at radius 1 is 1.39 bits per heavy atom. The minimum absolute atomic E-state index is 0.00626. The number of primary amides is 1. The molecule has 0 heterocycles. The predicted molar refractivity (Wildman–Crippen MR) is 75.6 cm³/mol. The van der Waals surface area contributed by atoms with E-state index in [-0.39, 0.29) is 17.0 Å². The van der Waals surface area contributed by atoms with Crippen LogP contribution in [0.1, 0.15) is 40.0 Å². The van der Waals surface area contributed by atoms with Gasteiger partial charge >= 0.3 is 0 Å². The Kier molecular flexibility index (Phi) is 6.29. The Balaban J connectivity index is 2.73. The van der Waals surface area contributed by atoms with Crippen LogP contribution in [-0.2, 0) is 15.6 Å². The van der Waals surface area contributed by atoms with Crippen molar-refractivity contribution >= 4 is 16.7 Å². The first-order valence-corrected chi connectivity index (χ1v) is 8.22. The van der Waals surface area contributed by atoms with E-state index in [1.807, 2.05) is 0 Å². The van der Waals surface area contributed by atoms with E-state index in [0.717, 1.165) is 25.8 Å². The lowest BCUT2D eigenvalue weighted by molar-refractivity contribution is -0.115. The van der Waals surface area contributed by atoms with E-state index < -0.39 is 16.7 Å². The molecule has 3 N–H and O–H groups in total. The maximum absolute atomic E-state index is 12.3. The van der Waals surface area contributed by atoms with Gasteiger partial charge in [-0.25, -0.2) is 0 Å². The van der Waals surface area contributed by atoms with Crippen LogP contribution < -0.4 is 11.1 Å². The molecule has 1 rings (SSSR count).